The fraction of sp³-hybridized carbons (Fsp3) is 0.533. The van der Waals surface area contributed by atoms with Gasteiger partial charge in [0, 0.05) is 12.5 Å². The number of carbonyl (C=O) groups is 1. The first-order valence-electron chi connectivity index (χ1n) is 7.02. The van der Waals surface area contributed by atoms with E-state index < -0.39 is 11.6 Å². The summed E-state index contributed by atoms with van der Waals surface area (Å²) >= 11 is 0. The fourth-order valence-electron chi connectivity index (χ4n) is 2.66. The van der Waals surface area contributed by atoms with E-state index in [0.717, 1.165) is 38.1 Å². The van der Waals surface area contributed by atoms with E-state index in [0.29, 0.717) is 12.3 Å². The fourth-order valence-corrected chi connectivity index (χ4v) is 2.66. The van der Waals surface area contributed by atoms with Gasteiger partial charge in [0.15, 0.2) is 0 Å². The van der Waals surface area contributed by atoms with E-state index in [9.17, 15) is 13.6 Å². The second-order valence-electron chi connectivity index (χ2n) is 5.44. The summed E-state index contributed by atoms with van der Waals surface area (Å²) in [5.41, 5.74) is 0.0360. The van der Waals surface area contributed by atoms with Crippen LogP contribution in [0, 0.1) is 23.5 Å². The monoisotopic (exact) mass is 282 g/mol. The van der Waals surface area contributed by atoms with Gasteiger partial charge in [0.2, 0.25) is 5.91 Å². The Kier molecular flexibility index (Phi) is 5.06. The Bertz CT molecular complexity index is 473. The van der Waals surface area contributed by atoms with Crippen LogP contribution >= 0.6 is 0 Å². The molecular formula is C15H20F2N2O. The molecule has 110 valence electrons. The maximum atomic E-state index is 13.4. The zero-order valence-electron chi connectivity index (χ0n) is 11.6. The quantitative estimate of drug-likeness (QED) is 0.891. The lowest BCUT2D eigenvalue weighted by Crippen LogP contribution is -2.32. The first-order valence-corrected chi connectivity index (χ1v) is 7.02. The van der Waals surface area contributed by atoms with Gasteiger partial charge in [-0.3, -0.25) is 4.79 Å². The van der Waals surface area contributed by atoms with Gasteiger partial charge in [-0.2, -0.15) is 0 Å². The normalized spacial score (nSPS) is 17.8. The van der Waals surface area contributed by atoms with Crippen LogP contribution in [0.2, 0.25) is 0 Å². The Balaban J connectivity index is 1.88. The van der Waals surface area contributed by atoms with Crippen molar-refractivity contribution in [1.29, 1.82) is 0 Å². The van der Waals surface area contributed by atoms with E-state index in [1.165, 1.54) is 6.07 Å². The summed E-state index contributed by atoms with van der Waals surface area (Å²) in [5, 5.41) is 5.80. The summed E-state index contributed by atoms with van der Waals surface area (Å²) in [5.74, 6) is -0.821. The molecule has 3 nitrogen and oxygen atoms in total. The molecule has 1 aromatic carbocycles. The average molecular weight is 282 g/mol. The zero-order valence-corrected chi connectivity index (χ0v) is 11.6. The van der Waals surface area contributed by atoms with E-state index >= 15 is 0 Å². The molecule has 0 bridgehead atoms. The highest BCUT2D eigenvalue weighted by Gasteiger charge is 2.22. The number of hydrogen-bond donors (Lipinski definition) is 2. The molecule has 1 aliphatic rings. The van der Waals surface area contributed by atoms with Crippen molar-refractivity contribution in [3.8, 4) is 0 Å². The van der Waals surface area contributed by atoms with Crippen LogP contribution in [0.25, 0.3) is 0 Å². The molecule has 2 rings (SSSR count). The van der Waals surface area contributed by atoms with Crippen LogP contribution in [0.1, 0.15) is 26.2 Å². The third-order valence-corrected chi connectivity index (χ3v) is 3.90. The van der Waals surface area contributed by atoms with Gasteiger partial charge >= 0.3 is 0 Å². The number of carbonyl (C=O) groups excluding carboxylic acids is 1. The molecule has 0 aliphatic carbocycles. The molecule has 5 heteroatoms. The molecule has 1 heterocycles. The van der Waals surface area contributed by atoms with Gasteiger partial charge < -0.3 is 10.6 Å². The van der Waals surface area contributed by atoms with Crippen molar-refractivity contribution in [3.05, 3.63) is 29.8 Å². The molecular weight excluding hydrogens is 262 g/mol. The van der Waals surface area contributed by atoms with Crippen LogP contribution < -0.4 is 10.6 Å². The maximum Gasteiger partial charge on any atom is 0.224 e. The molecule has 2 N–H and O–H groups in total. The van der Waals surface area contributed by atoms with Crippen molar-refractivity contribution < 1.29 is 13.6 Å². The van der Waals surface area contributed by atoms with E-state index in [4.69, 9.17) is 0 Å². The second-order valence-corrected chi connectivity index (χ2v) is 5.44. The number of rotatable bonds is 4. The first-order chi connectivity index (χ1) is 9.56. The molecule has 1 aromatic rings. The lowest BCUT2D eigenvalue weighted by Gasteiger charge is -2.27. The van der Waals surface area contributed by atoms with Crippen LogP contribution in [0.15, 0.2) is 18.2 Å². The molecule has 1 saturated heterocycles. The third kappa shape index (κ3) is 4.00. The predicted octanol–water partition coefficient (Wildman–Crippen LogP) is 2.93. The third-order valence-electron chi connectivity index (χ3n) is 3.90. The topological polar surface area (TPSA) is 41.1 Å². The number of anilines is 1. The van der Waals surface area contributed by atoms with E-state index in [-0.39, 0.29) is 17.5 Å². The highest BCUT2D eigenvalue weighted by atomic mass is 19.1. The summed E-state index contributed by atoms with van der Waals surface area (Å²) < 4.78 is 26.2. The van der Waals surface area contributed by atoms with E-state index in [2.05, 4.69) is 17.6 Å². The summed E-state index contributed by atoms with van der Waals surface area (Å²) in [4.78, 5) is 11.9. The van der Waals surface area contributed by atoms with Crippen LogP contribution in [0.4, 0.5) is 14.5 Å². The van der Waals surface area contributed by atoms with Gasteiger partial charge in [-0.25, -0.2) is 8.78 Å². The zero-order chi connectivity index (χ0) is 14.5. The van der Waals surface area contributed by atoms with Gasteiger partial charge in [-0.05, 0) is 49.9 Å². The lowest BCUT2D eigenvalue weighted by molar-refractivity contribution is -0.117. The highest BCUT2D eigenvalue weighted by molar-refractivity contribution is 5.90. The van der Waals surface area contributed by atoms with E-state index in [1.807, 2.05) is 0 Å². The molecule has 0 aromatic heterocycles. The molecule has 20 heavy (non-hydrogen) atoms. The maximum absolute atomic E-state index is 13.4. The SMILES string of the molecule is CC(CC(=O)Nc1ccc(F)cc1F)C1CCNCC1. The summed E-state index contributed by atoms with van der Waals surface area (Å²) in [6, 6.07) is 3.15. The van der Waals surface area contributed by atoms with Crippen molar-refractivity contribution in [1.82, 2.24) is 5.32 Å². The Morgan fingerprint density at radius 3 is 2.75 bits per heavy atom. The number of amides is 1. The number of hydrogen-bond acceptors (Lipinski definition) is 2. The molecule has 1 fully saturated rings. The van der Waals surface area contributed by atoms with Crippen molar-refractivity contribution in [3.63, 3.8) is 0 Å². The van der Waals surface area contributed by atoms with Gasteiger partial charge in [-0.15, -0.1) is 0 Å². The van der Waals surface area contributed by atoms with Crippen molar-refractivity contribution >= 4 is 11.6 Å². The Labute approximate surface area is 117 Å². The Morgan fingerprint density at radius 1 is 1.40 bits per heavy atom. The molecule has 1 amide bonds. The molecule has 0 saturated carbocycles. The van der Waals surface area contributed by atoms with Crippen molar-refractivity contribution in [2.75, 3.05) is 18.4 Å². The number of nitrogens with one attached hydrogen (secondary N) is 2. The molecule has 1 aliphatic heterocycles. The van der Waals surface area contributed by atoms with Gasteiger partial charge in [0.1, 0.15) is 11.6 Å². The second kappa shape index (κ2) is 6.79. The van der Waals surface area contributed by atoms with Crippen LogP contribution in [-0.2, 0) is 4.79 Å². The highest BCUT2D eigenvalue weighted by Crippen LogP contribution is 2.25. The minimum atomic E-state index is -0.743. The number of halogens is 2. The van der Waals surface area contributed by atoms with Crippen LogP contribution in [0.3, 0.4) is 0 Å². The van der Waals surface area contributed by atoms with Gasteiger partial charge in [0.05, 0.1) is 5.69 Å². The summed E-state index contributed by atoms with van der Waals surface area (Å²) in [7, 11) is 0. The van der Waals surface area contributed by atoms with E-state index in [1.54, 1.807) is 0 Å². The Hall–Kier alpha value is -1.49. The largest absolute Gasteiger partial charge is 0.324 e. The number of benzene rings is 1. The first kappa shape index (κ1) is 14.9. The van der Waals surface area contributed by atoms with Gasteiger partial charge in [-0.1, -0.05) is 6.92 Å². The summed E-state index contributed by atoms with van der Waals surface area (Å²) in [6.07, 6.45) is 2.50. The molecule has 1 atom stereocenters. The Morgan fingerprint density at radius 2 is 2.10 bits per heavy atom. The predicted molar refractivity (Wildman–Crippen MR) is 74.4 cm³/mol. The molecule has 0 spiro atoms. The minimum absolute atomic E-state index is 0.0360. The minimum Gasteiger partial charge on any atom is -0.324 e. The van der Waals surface area contributed by atoms with Crippen molar-refractivity contribution in [2.24, 2.45) is 11.8 Å². The summed E-state index contributed by atoms with van der Waals surface area (Å²) in [6.45, 7) is 4.03. The van der Waals surface area contributed by atoms with Gasteiger partial charge in [0.25, 0.3) is 0 Å². The lowest BCUT2D eigenvalue weighted by atomic mass is 9.84. The van der Waals surface area contributed by atoms with Crippen LogP contribution in [0.5, 0.6) is 0 Å². The molecule has 0 radical (unpaired) electrons. The van der Waals surface area contributed by atoms with Crippen LogP contribution in [-0.4, -0.2) is 19.0 Å². The molecule has 1 unspecified atom stereocenters. The standard InChI is InChI=1S/C15H20F2N2O/c1-10(11-4-6-18-7-5-11)8-15(20)19-14-3-2-12(16)9-13(14)17/h2-3,9-11,18H,4-8H2,1H3,(H,19,20). The average Bonchev–Trinajstić information content (AvgIpc) is 2.43. The smallest absolute Gasteiger partial charge is 0.224 e. The number of piperidine rings is 1. The van der Waals surface area contributed by atoms with Crippen molar-refractivity contribution in [2.45, 2.75) is 26.2 Å².